The second-order valence-corrected chi connectivity index (χ2v) is 18.3. The van der Waals surface area contributed by atoms with Crippen LogP contribution in [0.2, 0.25) is 0 Å². The topological polar surface area (TPSA) is 153 Å². The van der Waals surface area contributed by atoms with Crippen molar-refractivity contribution in [2.75, 3.05) is 26.4 Å². The molecule has 1 aliphatic heterocycles. The van der Waals surface area contributed by atoms with E-state index < -0.39 is 22.7 Å². The summed E-state index contributed by atoms with van der Waals surface area (Å²) in [6, 6.07) is 31.5. The number of benzene rings is 5. The fraction of sp³-hybridized carbons (Fsp3) is 0.368. The lowest BCUT2D eigenvalue weighted by Gasteiger charge is -2.60. The molecule has 12 nitrogen and oxygen atoms in total. The van der Waals surface area contributed by atoms with Gasteiger partial charge in [-0.05, 0) is 145 Å². The Labute approximate surface area is 404 Å². The fourth-order valence-corrected chi connectivity index (χ4v) is 10.7. The number of allylic oxidation sites excluding steroid dienone is 1. The molecule has 6 unspecified atom stereocenters. The molecule has 0 radical (unpaired) electrons. The Kier molecular flexibility index (Phi) is 15.7. The van der Waals surface area contributed by atoms with Gasteiger partial charge in [-0.1, -0.05) is 78.7 Å². The molecule has 69 heavy (non-hydrogen) atoms. The van der Waals surface area contributed by atoms with E-state index in [1.807, 2.05) is 60.4 Å². The Morgan fingerprint density at radius 3 is 2.41 bits per heavy atom. The number of carbonyl (C=O) groups is 1. The second-order valence-electron chi connectivity index (χ2n) is 18.3. The van der Waals surface area contributed by atoms with E-state index in [0.717, 1.165) is 64.5 Å². The molecule has 12 heteroatoms. The zero-order valence-electron chi connectivity index (χ0n) is 39.8. The number of amides is 1. The van der Waals surface area contributed by atoms with E-state index in [2.05, 4.69) is 56.8 Å². The van der Waals surface area contributed by atoms with Crippen molar-refractivity contribution in [3.05, 3.63) is 171 Å². The number of nitro groups is 1. The minimum absolute atomic E-state index is 0.0200. The second kappa shape index (κ2) is 22.2. The standard InChI is InChI=1S/C57H63N3O9/c1-5-32-66-57-53(59(37-43-17-13-16-41-14-7-8-18-47(41)43)54(63)29-23-40-21-24-44(25-22-40)60(64)65)36-51(58-67-6-2)49-34-42(15-9-11-30-61)48(19-10-12-31-62)55(56(49)57)50-35-46(27-28-52(50)69-57)68-45-26-20-38(3)39(4)33-45/h5,7-8,13-14,16-18,20-29,33-35,42,48,53,55-56,61-62H,1,6,9-12,15,19,30-32,36-37H2,2-4H3. The van der Waals surface area contributed by atoms with Crippen LogP contribution in [-0.4, -0.2) is 69.9 Å². The highest BCUT2D eigenvalue weighted by molar-refractivity contribution is 6.03. The van der Waals surface area contributed by atoms with Gasteiger partial charge in [0.1, 0.15) is 29.9 Å². The lowest BCUT2D eigenvalue weighted by Crippen LogP contribution is -2.70. The van der Waals surface area contributed by atoms with Crippen molar-refractivity contribution in [3.8, 4) is 17.2 Å². The first kappa shape index (κ1) is 48.8. The number of unbranched alkanes of at least 4 members (excludes halogenated alkanes) is 2. The van der Waals surface area contributed by atoms with Crippen LogP contribution in [0.1, 0.15) is 85.6 Å². The highest BCUT2D eigenvalue weighted by Gasteiger charge is 2.65. The number of ether oxygens (including phenoxy) is 3. The Bertz CT molecular complexity index is 2720. The summed E-state index contributed by atoms with van der Waals surface area (Å²) in [7, 11) is 0. The zero-order valence-corrected chi connectivity index (χ0v) is 39.8. The van der Waals surface area contributed by atoms with Crippen molar-refractivity contribution in [2.45, 2.75) is 90.0 Å². The third-order valence-electron chi connectivity index (χ3n) is 14.1. The van der Waals surface area contributed by atoms with E-state index >= 15 is 4.79 Å². The van der Waals surface area contributed by atoms with Gasteiger partial charge in [0.25, 0.3) is 5.69 Å². The van der Waals surface area contributed by atoms with Gasteiger partial charge in [-0.15, -0.1) is 6.58 Å². The van der Waals surface area contributed by atoms with Gasteiger partial charge in [-0.2, -0.15) is 0 Å². The average Bonchev–Trinajstić information content (AvgIpc) is 3.36. The molecule has 3 aliphatic rings. The Morgan fingerprint density at radius 1 is 0.928 bits per heavy atom. The van der Waals surface area contributed by atoms with Crippen molar-refractivity contribution < 1.29 is 39.0 Å². The van der Waals surface area contributed by atoms with Crippen LogP contribution in [0.25, 0.3) is 16.8 Å². The smallest absolute Gasteiger partial charge is 0.269 e. The monoisotopic (exact) mass is 933 g/mol. The lowest BCUT2D eigenvalue weighted by molar-refractivity contribution is -0.384. The van der Waals surface area contributed by atoms with E-state index in [1.165, 1.54) is 23.8 Å². The summed E-state index contributed by atoms with van der Waals surface area (Å²) in [5, 5.41) is 38.5. The summed E-state index contributed by atoms with van der Waals surface area (Å²) in [5.41, 5.74) is 6.37. The zero-order chi connectivity index (χ0) is 48.5. The summed E-state index contributed by atoms with van der Waals surface area (Å²) in [4.78, 5) is 34.2. The normalized spacial score (nSPS) is 22.1. The van der Waals surface area contributed by atoms with E-state index in [1.54, 1.807) is 24.3 Å². The fourth-order valence-electron chi connectivity index (χ4n) is 10.7. The molecular weight excluding hydrogens is 871 g/mol. The number of carbonyl (C=O) groups excluding carboxylic acids is 1. The van der Waals surface area contributed by atoms with Crippen molar-refractivity contribution in [1.29, 1.82) is 0 Å². The van der Waals surface area contributed by atoms with Gasteiger partial charge in [0.15, 0.2) is 0 Å². The number of nitro benzene ring substituents is 1. The summed E-state index contributed by atoms with van der Waals surface area (Å²) < 4.78 is 21.4. The molecule has 0 aromatic heterocycles. The molecule has 1 heterocycles. The Balaban J connectivity index is 1.35. The lowest BCUT2D eigenvalue weighted by atomic mass is 9.55. The van der Waals surface area contributed by atoms with E-state index in [9.17, 15) is 20.3 Å². The molecule has 8 rings (SSSR count). The summed E-state index contributed by atoms with van der Waals surface area (Å²) in [6.07, 6.45) is 11.9. The first-order valence-corrected chi connectivity index (χ1v) is 24.2. The quantitative estimate of drug-likeness (QED) is 0.0241. The van der Waals surface area contributed by atoms with E-state index in [4.69, 9.17) is 24.2 Å². The van der Waals surface area contributed by atoms with Crippen LogP contribution >= 0.6 is 0 Å². The van der Waals surface area contributed by atoms with Crippen LogP contribution in [0.3, 0.4) is 0 Å². The minimum atomic E-state index is -1.49. The largest absolute Gasteiger partial charge is 0.459 e. The van der Waals surface area contributed by atoms with Crippen LogP contribution < -0.4 is 9.47 Å². The van der Waals surface area contributed by atoms with Crippen molar-refractivity contribution in [3.63, 3.8) is 0 Å². The molecule has 0 bridgehead atoms. The third kappa shape index (κ3) is 10.5. The maximum absolute atomic E-state index is 15.4. The number of aliphatic hydroxyl groups excluding tert-OH is 2. The van der Waals surface area contributed by atoms with Gasteiger partial charge in [0.2, 0.25) is 11.7 Å². The van der Waals surface area contributed by atoms with Crippen molar-refractivity contribution >= 4 is 34.2 Å². The predicted octanol–water partition coefficient (Wildman–Crippen LogP) is 11.6. The van der Waals surface area contributed by atoms with Gasteiger partial charge < -0.3 is 34.2 Å². The SMILES string of the molecule is C=CCOC12Oc3ccc(Oc4ccc(C)c(C)c4)cc3C3C(CCCCO)C(CCCCO)C=C(C(=NOCC)CC1N(Cc1cccc4ccccc14)C(=O)C=Cc1ccc([N+](=O)[O-])cc1)C32. The molecule has 5 aromatic carbocycles. The molecule has 0 spiro atoms. The van der Waals surface area contributed by atoms with Crippen LogP contribution in [0.15, 0.2) is 139 Å². The average molecular weight is 934 g/mol. The number of aliphatic hydroxyl groups is 2. The first-order chi connectivity index (χ1) is 33.6. The van der Waals surface area contributed by atoms with Gasteiger partial charge in [0.05, 0.1) is 23.2 Å². The predicted molar refractivity (Wildman–Crippen MR) is 269 cm³/mol. The molecule has 360 valence electrons. The Morgan fingerprint density at radius 2 is 1.67 bits per heavy atom. The van der Waals surface area contributed by atoms with Crippen LogP contribution in [-0.2, 0) is 20.9 Å². The highest BCUT2D eigenvalue weighted by atomic mass is 16.7. The molecule has 0 saturated heterocycles. The summed E-state index contributed by atoms with van der Waals surface area (Å²) >= 11 is 0. The number of non-ortho nitro benzene ring substituents is 1. The number of nitrogens with zero attached hydrogens (tertiary/aromatic N) is 3. The molecule has 1 fully saturated rings. The van der Waals surface area contributed by atoms with Gasteiger partial charge in [-0.3, -0.25) is 14.9 Å². The molecule has 6 atom stereocenters. The van der Waals surface area contributed by atoms with Gasteiger partial charge in [0, 0.05) is 55.9 Å². The molecule has 2 aliphatic carbocycles. The molecule has 1 saturated carbocycles. The summed E-state index contributed by atoms with van der Waals surface area (Å²) in [6.45, 7) is 10.9. The molecule has 1 amide bonds. The van der Waals surface area contributed by atoms with Crippen LogP contribution in [0.5, 0.6) is 17.2 Å². The highest BCUT2D eigenvalue weighted by Crippen LogP contribution is 2.62. The molecule has 5 aromatic rings. The van der Waals surface area contributed by atoms with Crippen LogP contribution in [0.4, 0.5) is 5.69 Å². The maximum atomic E-state index is 15.4. The molecule has 2 N–H and O–H groups in total. The number of rotatable bonds is 21. The Hall–Kier alpha value is -6.60. The van der Waals surface area contributed by atoms with Gasteiger partial charge >= 0.3 is 0 Å². The number of fused-ring (bicyclic) bond motifs is 3. The first-order valence-electron chi connectivity index (χ1n) is 24.2. The minimum Gasteiger partial charge on any atom is -0.459 e. The number of hydrogen-bond donors (Lipinski definition) is 2. The van der Waals surface area contributed by atoms with Gasteiger partial charge in [-0.25, -0.2) is 0 Å². The van der Waals surface area contributed by atoms with E-state index in [-0.39, 0.29) is 62.1 Å². The number of aryl methyl sites for hydroxylation is 2. The van der Waals surface area contributed by atoms with Crippen molar-refractivity contribution in [2.24, 2.45) is 22.9 Å². The van der Waals surface area contributed by atoms with Crippen molar-refractivity contribution in [1.82, 2.24) is 4.90 Å². The number of oxime groups is 1. The number of hydrogen-bond acceptors (Lipinski definition) is 10. The van der Waals surface area contributed by atoms with Crippen LogP contribution in [0, 0.1) is 41.7 Å². The maximum Gasteiger partial charge on any atom is 0.269 e. The third-order valence-corrected chi connectivity index (χ3v) is 14.1. The summed E-state index contributed by atoms with van der Waals surface area (Å²) in [5.74, 6) is -0.521. The molecular formula is C57H63N3O9. The van der Waals surface area contributed by atoms with E-state index in [0.29, 0.717) is 42.2 Å².